The summed E-state index contributed by atoms with van der Waals surface area (Å²) in [5.41, 5.74) is 0.604. The molecule has 2 N–H and O–H groups in total. The number of rotatable bonds is 3. The van der Waals surface area contributed by atoms with E-state index in [1.807, 2.05) is 0 Å². The monoisotopic (exact) mass is 232 g/mol. The van der Waals surface area contributed by atoms with E-state index in [9.17, 15) is 8.42 Å². The normalized spacial score (nSPS) is 14.4. The first-order chi connectivity index (χ1) is 6.61. The van der Waals surface area contributed by atoms with Crippen molar-refractivity contribution < 1.29 is 17.5 Å². The molecule has 6 heteroatoms. The van der Waals surface area contributed by atoms with Crippen molar-refractivity contribution in [2.45, 2.75) is 0 Å². The van der Waals surface area contributed by atoms with Crippen LogP contribution in [-0.4, -0.2) is 17.5 Å². The maximum absolute atomic E-state index is 10.6. The van der Waals surface area contributed by atoms with Gasteiger partial charge in [0.25, 0.3) is 0 Å². The first-order valence-corrected chi connectivity index (χ1v) is 5.81. The van der Waals surface area contributed by atoms with Gasteiger partial charge in [0.05, 0.1) is 0 Å². The molecule has 0 bridgehead atoms. The number of hydrogen-bond donors (Lipinski definition) is 2. The van der Waals surface area contributed by atoms with Crippen molar-refractivity contribution in [3.8, 4) is 0 Å². The van der Waals surface area contributed by atoms with E-state index >= 15 is 0 Å². The fourth-order valence-corrected chi connectivity index (χ4v) is 1.81. The molecule has 0 saturated heterocycles. The molecule has 76 valence electrons. The summed E-state index contributed by atoms with van der Waals surface area (Å²) in [6.45, 7) is 0. The second-order valence-corrected chi connectivity index (χ2v) is 4.51. The molecule has 1 aromatic rings. The molecule has 0 aliphatic rings. The van der Waals surface area contributed by atoms with Gasteiger partial charge in [-0.15, -0.1) is 0 Å². The van der Waals surface area contributed by atoms with Gasteiger partial charge >= 0.3 is 0 Å². The zero-order valence-corrected chi connectivity index (χ0v) is 8.62. The SMILES string of the molecule is O=S(O)C(=Cc1ccccc1)S(=O)O. The van der Waals surface area contributed by atoms with Gasteiger partial charge in [-0.3, -0.25) is 0 Å². The van der Waals surface area contributed by atoms with Gasteiger partial charge in [-0.25, -0.2) is 8.42 Å². The van der Waals surface area contributed by atoms with Crippen LogP contribution in [0, 0.1) is 0 Å². The van der Waals surface area contributed by atoms with Gasteiger partial charge in [-0.05, 0) is 11.6 Å². The van der Waals surface area contributed by atoms with Crippen LogP contribution < -0.4 is 0 Å². The van der Waals surface area contributed by atoms with Crippen LogP contribution in [0.1, 0.15) is 5.56 Å². The van der Waals surface area contributed by atoms with E-state index in [0.717, 1.165) is 0 Å². The minimum absolute atomic E-state index is 0.420. The standard InChI is InChI=1S/C8H8O4S2/c9-13(10)8(14(11)12)6-7-4-2-1-3-5-7/h1-6H,(H,9,10)(H,11,12). The minimum Gasteiger partial charge on any atom is -0.302 e. The van der Waals surface area contributed by atoms with Gasteiger partial charge < -0.3 is 9.11 Å². The maximum atomic E-state index is 10.6. The molecule has 0 saturated carbocycles. The third kappa shape index (κ3) is 3.15. The number of hydrogen-bond acceptors (Lipinski definition) is 2. The quantitative estimate of drug-likeness (QED) is 0.773. The number of benzene rings is 1. The van der Waals surface area contributed by atoms with Crippen LogP contribution in [0.2, 0.25) is 0 Å². The van der Waals surface area contributed by atoms with Crippen molar-refractivity contribution in [2.24, 2.45) is 0 Å². The average Bonchev–Trinajstić information content (AvgIpc) is 2.15. The van der Waals surface area contributed by atoms with Gasteiger partial charge in [0.2, 0.25) is 0 Å². The van der Waals surface area contributed by atoms with Crippen molar-refractivity contribution >= 4 is 28.2 Å². The van der Waals surface area contributed by atoms with Crippen LogP contribution >= 0.6 is 0 Å². The predicted molar refractivity (Wildman–Crippen MR) is 56.0 cm³/mol. The van der Waals surface area contributed by atoms with Gasteiger partial charge in [0, 0.05) is 0 Å². The fraction of sp³-hybridized carbons (Fsp3) is 0. The summed E-state index contributed by atoms with van der Waals surface area (Å²) < 4.78 is 38.2. The molecule has 0 aromatic heterocycles. The first-order valence-electron chi connectivity index (χ1n) is 3.59. The van der Waals surface area contributed by atoms with Crippen molar-refractivity contribution in [3.05, 3.63) is 40.1 Å². The van der Waals surface area contributed by atoms with Crippen molar-refractivity contribution in [1.82, 2.24) is 0 Å². The van der Waals surface area contributed by atoms with E-state index in [0.29, 0.717) is 5.56 Å². The molecule has 0 aliphatic carbocycles. The Morgan fingerprint density at radius 3 is 2.00 bits per heavy atom. The Balaban J connectivity index is 3.06. The second kappa shape index (κ2) is 5.16. The van der Waals surface area contributed by atoms with Crippen LogP contribution in [0.25, 0.3) is 6.08 Å². The Hall–Kier alpha value is -0.820. The Kier molecular flexibility index (Phi) is 4.15. The Morgan fingerprint density at radius 2 is 1.57 bits per heavy atom. The Morgan fingerprint density at radius 1 is 1.07 bits per heavy atom. The summed E-state index contributed by atoms with van der Waals surface area (Å²) >= 11 is -4.85. The van der Waals surface area contributed by atoms with Crippen LogP contribution in [0.4, 0.5) is 0 Å². The first kappa shape index (κ1) is 11.3. The lowest BCUT2D eigenvalue weighted by molar-refractivity contribution is 0.563. The molecule has 0 spiro atoms. The highest BCUT2D eigenvalue weighted by Crippen LogP contribution is 2.11. The summed E-state index contributed by atoms with van der Waals surface area (Å²) in [4.78, 5) is 0. The fourth-order valence-electron chi connectivity index (χ4n) is 0.847. The lowest BCUT2D eigenvalue weighted by Crippen LogP contribution is -1.99. The molecule has 0 amide bonds. The van der Waals surface area contributed by atoms with Crippen molar-refractivity contribution in [3.63, 3.8) is 0 Å². The van der Waals surface area contributed by atoms with Crippen LogP contribution in [0.5, 0.6) is 0 Å². The van der Waals surface area contributed by atoms with Gasteiger partial charge in [-0.1, -0.05) is 30.3 Å². The molecule has 0 aliphatic heterocycles. The topological polar surface area (TPSA) is 74.6 Å². The van der Waals surface area contributed by atoms with E-state index in [4.69, 9.17) is 9.11 Å². The summed E-state index contributed by atoms with van der Waals surface area (Å²) in [5, 5.41) is 0. The molecule has 2 atom stereocenters. The van der Waals surface area contributed by atoms with E-state index in [-0.39, 0.29) is 0 Å². The Labute approximate surface area is 86.2 Å². The lowest BCUT2D eigenvalue weighted by Gasteiger charge is -1.96. The molecule has 14 heavy (non-hydrogen) atoms. The minimum atomic E-state index is -2.42. The van der Waals surface area contributed by atoms with Gasteiger partial charge in [0.15, 0.2) is 26.4 Å². The summed E-state index contributed by atoms with van der Waals surface area (Å²) in [7, 11) is 0. The molecule has 0 fully saturated rings. The molecule has 2 unspecified atom stereocenters. The van der Waals surface area contributed by atoms with Crippen molar-refractivity contribution in [1.29, 1.82) is 0 Å². The molecular weight excluding hydrogens is 224 g/mol. The van der Waals surface area contributed by atoms with E-state index < -0.39 is 26.4 Å². The van der Waals surface area contributed by atoms with Crippen LogP contribution in [0.3, 0.4) is 0 Å². The molecule has 0 radical (unpaired) electrons. The third-order valence-electron chi connectivity index (χ3n) is 1.43. The van der Waals surface area contributed by atoms with Gasteiger partial charge in [-0.2, -0.15) is 0 Å². The smallest absolute Gasteiger partial charge is 0.198 e. The maximum Gasteiger partial charge on any atom is 0.198 e. The van der Waals surface area contributed by atoms with Crippen molar-refractivity contribution in [2.75, 3.05) is 0 Å². The molecular formula is C8H8O4S2. The van der Waals surface area contributed by atoms with E-state index in [2.05, 4.69) is 0 Å². The molecule has 4 nitrogen and oxygen atoms in total. The third-order valence-corrected chi connectivity index (χ3v) is 3.21. The largest absolute Gasteiger partial charge is 0.302 e. The lowest BCUT2D eigenvalue weighted by atomic mass is 10.2. The summed E-state index contributed by atoms with van der Waals surface area (Å²) in [6.07, 6.45) is 1.21. The molecule has 1 rings (SSSR count). The molecule has 0 heterocycles. The van der Waals surface area contributed by atoms with E-state index in [1.165, 1.54) is 6.08 Å². The van der Waals surface area contributed by atoms with E-state index in [1.54, 1.807) is 30.3 Å². The Bertz CT molecular complexity index is 370. The highest BCUT2D eigenvalue weighted by molar-refractivity contribution is 8.03. The summed E-state index contributed by atoms with van der Waals surface area (Å²) in [6, 6.07) is 8.57. The van der Waals surface area contributed by atoms with Crippen LogP contribution in [0.15, 0.2) is 34.6 Å². The highest BCUT2D eigenvalue weighted by atomic mass is 32.3. The predicted octanol–water partition coefficient (Wildman–Crippen LogP) is 1.43. The van der Waals surface area contributed by atoms with Gasteiger partial charge in [0.1, 0.15) is 0 Å². The highest BCUT2D eigenvalue weighted by Gasteiger charge is 2.10. The molecule has 1 aromatic carbocycles. The van der Waals surface area contributed by atoms with Crippen LogP contribution in [-0.2, 0) is 22.2 Å². The second-order valence-electron chi connectivity index (χ2n) is 2.37. The zero-order chi connectivity index (χ0) is 10.6. The average molecular weight is 232 g/mol. The zero-order valence-electron chi connectivity index (χ0n) is 6.99. The summed E-state index contributed by atoms with van der Waals surface area (Å²) in [5.74, 6) is 0.